The number of amidine groups is 1. The second-order valence-electron chi connectivity index (χ2n) is 3.44. The van der Waals surface area contributed by atoms with Crippen molar-refractivity contribution in [3.05, 3.63) is 42.0 Å². The minimum Gasteiger partial charge on any atom is -0.409 e. The Balaban J connectivity index is 2.40. The molecule has 18 heavy (non-hydrogen) atoms. The van der Waals surface area contributed by atoms with Gasteiger partial charge in [0.1, 0.15) is 16.4 Å². The van der Waals surface area contributed by atoms with Crippen LogP contribution in [0.15, 0.2) is 45.9 Å². The molecule has 0 aliphatic heterocycles. The standard InChI is InChI=1S/C11H11N5OS/c1-7-2-3-8(10(12)16-17)11(15-7)18-9-4-5-13-6-14-9/h2-6,17H,1H3,(H2,12,16). The molecule has 2 aromatic rings. The lowest BCUT2D eigenvalue weighted by Gasteiger charge is -2.07. The number of pyridine rings is 1. The van der Waals surface area contributed by atoms with E-state index in [1.165, 1.54) is 18.1 Å². The van der Waals surface area contributed by atoms with Crippen molar-refractivity contribution in [2.24, 2.45) is 10.9 Å². The number of nitrogens with zero attached hydrogens (tertiary/aromatic N) is 4. The zero-order chi connectivity index (χ0) is 13.0. The van der Waals surface area contributed by atoms with Gasteiger partial charge in [-0.25, -0.2) is 15.0 Å². The fraction of sp³-hybridized carbons (Fsp3) is 0.0909. The Hall–Kier alpha value is -2.15. The maximum atomic E-state index is 8.75. The predicted molar refractivity (Wildman–Crippen MR) is 67.6 cm³/mol. The number of aryl methyl sites for hydroxylation is 1. The Morgan fingerprint density at radius 2 is 2.22 bits per heavy atom. The Kier molecular flexibility index (Phi) is 3.73. The van der Waals surface area contributed by atoms with Crippen LogP contribution >= 0.6 is 11.8 Å². The summed E-state index contributed by atoms with van der Waals surface area (Å²) in [5, 5.41) is 13.1. The van der Waals surface area contributed by atoms with Crippen LogP contribution < -0.4 is 5.73 Å². The van der Waals surface area contributed by atoms with Gasteiger partial charge in [0, 0.05) is 11.9 Å². The lowest BCUT2D eigenvalue weighted by molar-refractivity contribution is 0.318. The second-order valence-corrected chi connectivity index (χ2v) is 4.45. The minimum atomic E-state index is 0.0269. The van der Waals surface area contributed by atoms with Gasteiger partial charge in [-0.3, -0.25) is 0 Å². The largest absolute Gasteiger partial charge is 0.409 e. The molecule has 0 aliphatic rings. The van der Waals surface area contributed by atoms with E-state index in [0.717, 1.165) is 10.7 Å². The molecular weight excluding hydrogens is 250 g/mol. The molecule has 0 amide bonds. The van der Waals surface area contributed by atoms with Crippen LogP contribution in [0.2, 0.25) is 0 Å². The van der Waals surface area contributed by atoms with E-state index in [1.54, 1.807) is 24.4 Å². The Bertz CT molecular complexity index is 573. The molecule has 6 nitrogen and oxygen atoms in total. The molecule has 2 rings (SSSR count). The van der Waals surface area contributed by atoms with E-state index in [4.69, 9.17) is 10.9 Å². The summed E-state index contributed by atoms with van der Waals surface area (Å²) in [6.45, 7) is 1.88. The van der Waals surface area contributed by atoms with Crippen LogP contribution in [0.1, 0.15) is 11.3 Å². The third kappa shape index (κ3) is 2.75. The Morgan fingerprint density at radius 3 is 2.89 bits per heavy atom. The molecule has 0 bridgehead atoms. The monoisotopic (exact) mass is 261 g/mol. The number of nitrogens with two attached hydrogens (primary N) is 1. The fourth-order valence-electron chi connectivity index (χ4n) is 1.30. The smallest absolute Gasteiger partial charge is 0.172 e. The molecule has 3 N–H and O–H groups in total. The zero-order valence-corrected chi connectivity index (χ0v) is 10.4. The molecule has 7 heteroatoms. The Labute approximate surface area is 108 Å². The van der Waals surface area contributed by atoms with Gasteiger partial charge < -0.3 is 10.9 Å². The van der Waals surface area contributed by atoms with Gasteiger partial charge in [-0.15, -0.1) is 0 Å². The molecule has 2 heterocycles. The van der Waals surface area contributed by atoms with Gasteiger partial charge in [-0.1, -0.05) is 5.16 Å². The first-order valence-electron chi connectivity index (χ1n) is 5.10. The number of hydrogen-bond acceptors (Lipinski definition) is 6. The van der Waals surface area contributed by atoms with Crippen molar-refractivity contribution in [1.82, 2.24) is 15.0 Å². The molecule has 92 valence electrons. The molecule has 0 unspecified atom stereocenters. The highest BCUT2D eigenvalue weighted by atomic mass is 32.2. The van der Waals surface area contributed by atoms with Gasteiger partial charge in [-0.05, 0) is 36.9 Å². The van der Waals surface area contributed by atoms with Crippen LogP contribution in [-0.4, -0.2) is 26.0 Å². The first-order chi connectivity index (χ1) is 8.70. The quantitative estimate of drug-likeness (QED) is 0.285. The highest BCUT2D eigenvalue weighted by Gasteiger charge is 2.11. The Morgan fingerprint density at radius 1 is 1.39 bits per heavy atom. The van der Waals surface area contributed by atoms with Crippen molar-refractivity contribution in [1.29, 1.82) is 0 Å². The SMILES string of the molecule is Cc1ccc(C(N)=NO)c(Sc2ccncn2)n1. The molecule has 2 aromatic heterocycles. The molecule has 0 fully saturated rings. The van der Waals surface area contributed by atoms with Crippen LogP contribution in [0.5, 0.6) is 0 Å². The van der Waals surface area contributed by atoms with Crippen LogP contribution in [0.4, 0.5) is 0 Å². The van der Waals surface area contributed by atoms with Gasteiger partial charge in [0.2, 0.25) is 0 Å². The van der Waals surface area contributed by atoms with E-state index in [0.29, 0.717) is 10.6 Å². The van der Waals surface area contributed by atoms with Crippen LogP contribution in [0.25, 0.3) is 0 Å². The minimum absolute atomic E-state index is 0.0269. The lowest BCUT2D eigenvalue weighted by Crippen LogP contribution is -2.15. The maximum Gasteiger partial charge on any atom is 0.172 e. The average molecular weight is 261 g/mol. The van der Waals surface area contributed by atoms with Crippen LogP contribution in [-0.2, 0) is 0 Å². The lowest BCUT2D eigenvalue weighted by atomic mass is 10.2. The molecule has 0 spiro atoms. The van der Waals surface area contributed by atoms with Gasteiger partial charge in [-0.2, -0.15) is 0 Å². The summed E-state index contributed by atoms with van der Waals surface area (Å²) < 4.78 is 0. The summed E-state index contributed by atoms with van der Waals surface area (Å²) in [5.74, 6) is 0.0269. The van der Waals surface area contributed by atoms with E-state index in [1.807, 2.05) is 6.92 Å². The topological polar surface area (TPSA) is 97.3 Å². The summed E-state index contributed by atoms with van der Waals surface area (Å²) in [5.41, 5.74) is 7.04. The van der Waals surface area contributed by atoms with Gasteiger partial charge in [0.15, 0.2) is 5.84 Å². The van der Waals surface area contributed by atoms with Crippen LogP contribution in [0, 0.1) is 6.92 Å². The second kappa shape index (κ2) is 5.46. The van der Waals surface area contributed by atoms with Crippen molar-refractivity contribution in [3.63, 3.8) is 0 Å². The first kappa shape index (κ1) is 12.3. The number of aromatic nitrogens is 3. The summed E-state index contributed by atoms with van der Waals surface area (Å²) >= 11 is 1.34. The summed E-state index contributed by atoms with van der Waals surface area (Å²) in [6.07, 6.45) is 3.11. The van der Waals surface area contributed by atoms with Crippen molar-refractivity contribution < 1.29 is 5.21 Å². The fourth-order valence-corrected chi connectivity index (χ4v) is 2.20. The zero-order valence-electron chi connectivity index (χ0n) is 9.61. The third-order valence-electron chi connectivity index (χ3n) is 2.14. The van der Waals surface area contributed by atoms with Gasteiger partial charge >= 0.3 is 0 Å². The van der Waals surface area contributed by atoms with Crippen molar-refractivity contribution in [2.75, 3.05) is 0 Å². The van der Waals surface area contributed by atoms with Gasteiger partial charge in [0.05, 0.1) is 5.56 Å². The normalized spacial score (nSPS) is 11.5. The van der Waals surface area contributed by atoms with E-state index < -0.39 is 0 Å². The molecule has 0 aliphatic carbocycles. The van der Waals surface area contributed by atoms with Crippen molar-refractivity contribution >= 4 is 17.6 Å². The van der Waals surface area contributed by atoms with E-state index in [2.05, 4.69) is 20.1 Å². The molecule has 0 aromatic carbocycles. The predicted octanol–water partition coefficient (Wildman–Crippen LogP) is 1.43. The van der Waals surface area contributed by atoms with E-state index in [-0.39, 0.29) is 5.84 Å². The van der Waals surface area contributed by atoms with Crippen molar-refractivity contribution in [2.45, 2.75) is 17.0 Å². The van der Waals surface area contributed by atoms with Crippen molar-refractivity contribution in [3.8, 4) is 0 Å². The summed E-state index contributed by atoms with van der Waals surface area (Å²) in [4.78, 5) is 12.3. The summed E-state index contributed by atoms with van der Waals surface area (Å²) in [6, 6.07) is 5.34. The van der Waals surface area contributed by atoms with E-state index >= 15 is 0 Å². The number of hydrogen-bond donors (Lipinski definition) is 2. The number of oxime groups is 1. The average Bonchev–Trinajstić information content (AvgIpc) is 2.39. The molecular formula is C11H11N5OS. The molecule has 0 saturated heterocycles. The summed E-state index contributed by atoms with van der Waals surface area (Å²) in [7, 11) is 0. The highest BCUT2D eigenvalue weighted by molar-refractivity contribution is 7.99. The highest BCUT2D eigenvalue weighted by Crippen LogP contribution is 2.27. The third-order valence-corrected chi connectivity index (χ3v) is 3.09. The molecule has 0 saturated carbocycles. The molecule has 0 radical (unpaired) electrons. The first-order valence-corrected chi connectivity index (χ1v) is 5.92. The molecule has 0 atom stereocenters. The van der Waals surface area contributed by atoms with Gasteiger partial charge in [0.25, 0.3) is 0 Å². The number of rotatable bonds is 3. The van der Waals surface area contributed by atoms with Crippen LogP contribution in [0.3, 0.4) is 0 Å². The maximum absolute atomic E-state index is 8.75. The van der Waals surface area contributed by atoms with E-state index in [9.17, 15) is 0 Å².